The summed E-state index contributed by atoms with van der Waals surface area (Å²) < 4.78 is 68.3. The number of nitrogens with zero attached hydrogens (tertiary/aromatic N) is 2. The summed E-state index contributed by atoms with van der Waals surface area (Å²) >= 11 is 0. The average Bonchev–Trinajstić information content (AvgIpc) is 2.60. The van der Waals surface area contributed by atoms with Crippen molar-refractivity contribution in [3.63, 3.8) is 0 Å². The zero-order valence-corrected chi connectivity index (χ0v) is 14.2. The van der Waals surface area contributed by atoms with Gasteiger partial charge in [0, 0.05) is 31.9 Å². The van der Waals surface area contributed by atoms with Crippen LogP contribution in [0.15, 0.2) is 48.5 Å². The van der Waals surface area contributed by atoms with Crippen LogP contribution < -0.4 is 4.90 Å². The van der Waals surface area contributed by atoms with E-state index in [9.17, 15) is 37.2 Å². The number of alkyl halides is 5. The lowest BCUT2D eigenvalue weighted by Crippen LogP contribution is -2.55. The molecule has 2 rings (SSSR count). The van der Waals surface area contributed by atoms with Crippen molar-refractivity contribution < 1.29 is 32.0 Å². The number of aliphatic hydroxyl groups is 1. The number of rotatable bonds is 5. The molecule has 0 bridgehead atoms. The van der Waals surface area contributed by atoms with Gasteiger partial charge in [0.1, 0.15) is 0 Å². The Hall–Kier alpha value is -2.75. The van der Waals surface area contributed by atoms with Gasteiger partial charge in [0.25, 0.3) is 5.69 Å². The lowest BCUT2D eigenvalue weighted by Gasteiger charge is -2.38. The Morgan fingerprint density at radius 1 is 0.963 bits per heavy atom. The molecule has 0 amide bonds. The number of halogens is 5. The van der Waals surface area contributed by atoms with Crippen molar-refractivity contribution >= 4 is 11.4 Å². The van der Waals surface area contributed by atoms with E-state index < -0.39 is 39.4 Å². The van der Waals surface area contributed by atoms with Crippen molar-refractivity contribution in [1.29, 1.82) is 0 Å². The first-order chi connectivity index (χ1) is 12.3. The fraction of sp³-hybridized carbons (Fsp3) is 0.294. The number of hydrogen-bond acceptors (Lipinski definition) is 4. The van der Waals surface area contributed by atoms with Gasteiger partial charge < -0.3 is 10.0 Å². The van der Waals surface area contributed by atoms with E-state index in [1.54, 1.807) is 14.1 Å². The first-order valence-electron chi connectivity index (χ1n) is 7.52. The number of hydrogen-bond donors (Lipinski definition) is 1. The molecule has 0 aromatic heterocycles. The molecule has 1 N–H and O–H groups in total. The largest absolute Gasteiger partial charge is 0.457 e. The smallest absolute Gasteiger partial charge is 0.378 e. The number of nitro benzene ring substituents is 1. The zero-order chi connectivity index (χ0) is 20.6. The minimum Gasteiger partial charge on any atom is -0.378 e. The van der Waals surface area contributed by atoms with Crippen molar-refractivity contribution in [2.24, 2.45) is 0 Å². The molecule has 1 unspecified atom stereocenters. The van der Waals surface area contributed by atoms with Crippen LogP contribution in [0.25, 0.3) is 0 Å². The third kappa shape index (κ3) is 3.44. The van der Waals surface area contributed by atoms with Crippen LogP contribution in [0.1, 0.15) is 11.1 Å². The highest BCUT2D eigenvalue weighted by atomic mass is 19.4. The summed E-state index contributed by atoms with van der Waals surface area (Å²) in [6, 6.07) is 7.50. The second-order valence-corrected chi connectivity index (χ2v) is 6.03. The van der Waals surface area contributed by atoms with Crippen LogP contribution in [0.4, 0.5) is 33.3 Å². The second kappa shape index (κ2) is 6.76. The van der Waals surface area contributed by atoms with Crippen molar-refractivity contribution in [2.75, 3.05) is 19.0 Å². The number of anilines is 1. The second-order valence-electron chi connectivity index (χ2n) is 6.03. The van der Waals surface area contributed by atoms with Crippen LogP contribution in [0, 0.1) is 10.1 Å². The van der Waals surface area contributed by atoms with Crippen molar-refractivity contribution in [3.05, 3.63) is 69.8 Å². The normalized spacial score (nSPS) is 14.5. The summed E-state index contributed by atoms with van der Waals surface area (Å²) in [5.74, 6) is -5.57. The highest BCUT2D eigenvalue weighted by Gasteiger charge is 2.71. The van der Waals surface area contributed by atoms with Gasteiger partial charge in [-0.3, -0.25) is 10.1 Å². The van der Waals surface area contributed by atoms with Gasteiger partial charge >= 0.3 is 12.1 Å². The molecule has 0 spiro atoms. The van der Waals surface area contributed by atoms with E-state index in [0.717, 1.165) is 24.3 Å². The third-order valence-corrected chi connectivity index (χ3v) is 4.09. The van der Waals surface area contributed by atoms with E-state index in [1.807, 2.05) is 0 Å². The van der Waals surface area contributed by atoms with E-state index in [0.29, 0.717) is 12.1 Å². The topological polar surface area (TPSA) is 66.6 Å². The lowest BCUT2D eigenvalue weighted by atomic mass is 9.80. The minimum absolute atomic E-state index is 0.283. The minimum atomic E-state index is -6.07. The number of benzene rings is 2. The molecule has 0 saturated heterocycles. The van der Waals surface area contributed by atoms with E-state index in [-0.39, 0.29) is 5.69 Å². The molecule has 0 heterocycles. The maximum Gasteiger partial charge on any atom is 0.457 e. The van der Waals surface area contributed by atoms with Crippen LogP contribution >= 0.6 is 0 Å². The summed E-state index contributed by atoms with van der Waals surface area (Å²) in [7, 11) is 3.10. The van der Waals surface area contributed by atoms with Gasteiger partial charge in [-0.25, -0.2) is 0 Å². The molecule has 2 aromatic carbocycles. The Morgan fingerprint density at radius 3 is 1.96 bits per heavy atom. The number of nitro groups is 1. The van der Waals surface area contributed by atoms with Gasteiger partial charge in [-0.15, -0.1) is 0 Å². The first-order valence-corrected chi connectivity index (χ1v) is 7.52. The van der Waals surface area contributed by atoms with Gasteiger partial charge in [0.05, 0.1) is 4.92 Å². The maximum atomic E-state index is 14.4. The van der Waals surface area contributed by atoms with Crippen molar-refractivity contribution in [1.82, 2.24) is 0 Å². The number of non-ortho nitro benzene ring substituents is 1. The van der Waals surface area contributed by atoms with Gasteiger partial charge in [-0.2, -0.15) is 22.0 Å². The molecule has 0 aliphatic heterocycles. The van der Waals surface area contributed by atoms with Crippen LogP contribution in [0.2, 0.25) is 0 Å². The van der Waals surface area contributed by atoms with Crippen molar-refractivity contribution in [2.45, 2.75) is 17.7 Å². The average molecular weight is 390 g/mol. The lowest BCUT2D eigenvalue weighted by molar-refractivity contribution is -0.384. The molecule has 10 heteroatoms. The fourth-order valence-electron chi connectivity index (χ4n) is 2.57. The molecule has 0 aliphatic rings. The van der Waals surface area contributed by atoms with Gasteiger partial charge in [-0.1, -0.05) is 12.1 Å². The summed E-state index contributed by atoms with van der Waals surface area (Å²) in [5.41, 5.74) is -5.55. The zero-order valence-electron chi connectivity index (χ0n) is 14.2. The van der Waals surface area contributed by atoms with Crippen molar-refractivity contribution in [3.8, 4) is 0 Å². The summed E-state index contributed by atoms with van der Waals surface area (Å²) in [6.07, 6.45) is -6.07. The predicted molar refractivity (Wildman–Crippen MR) is 87.9 cm³/mol. The quantitative estimate of drug-likeness (QED) is 0.474. The van der Waals surface area contributed by atoms with Crippen LogP contribution in [0.3, 0.4) is 0 Å². The van der Waals surface area contributed by atoms with E-state index in [1.165, 1.54) is 17.0 Å². The highest BCUT2D eigenvalue weighted by Crippen LogP contribution is 2.52. The van der Waals surface area contributed by atoms with Crippen LogP contribution in [-0.4, -0.2) is 36.2 Å². The summed E-state index contributed by atoms with van der Waals surface area (Å²) in [4.78, 5) is 11.3. The van der Waals surface area contributed by atoms with Gasteiger partial charge in [-0.05, 0) is 35.4 Å². The molecule has 5 nitrogen and oxygen atoms in total. The third-order valence-electron chi connectivity index (χ3n) is 4.09. The Labute approximate surface area is 150 Å². The molecule has 2 aromatic rings. The molecule has 0 aliphatic carbocycles. The first kappa shape index (κ1) is 20.6. The molecular formula is C17H15F5N2O3. The monoisotopic (exact) mass is 390 g/mol. The molecule has 146 valence electrons. The molecule has 1 atom stereocenters. The summed E-state index contributed by atoms with van der Waals surface area (Å²) in [6.45, 7) is 0. The maximum absolute atomic E-state index is 14.4. The van der Waals surface area contributed by atoms with Crippen LogP contribution in [-0.2, 0) is 5.60 Å². The van der Waals surface area contributed by atoms with Crippen LogP contribution in [0.5, 0.6) is 0 Å². The SMILES string of the molecule is CN(C)c1cccc(C(O)(c2ccc([N+](=O)[O-])cc2)C(F)(F)C(F)(F)F)c1. The standard InChI is InChI=1S/C17H15F5N2O3/c1-23(2)14-5-3-4-12(10-14)15(25,16(18,19)17(20,21)22)11-6-8-13(9-7-11)24(26)27/h3-10,25H,1-2H3. The van der Waals surface area contributed by atoms with Gasteiger partial charge in [0.15, 0.2) is 5.60 Å². The van der Waals surface area contributed by atoms with Gasteiger partial charge in [0.2, 0.25) is 0 Å². The van der Waals surface area contributed by atoms with E-state index in [4.69, 9.17) is 0 Å². The fourth-order valence-corrected chi connectivity index (χ4v) is 2.57. The molecular weight excluding hydrogens is 375 g/mol. The molecule has 0 radical (unpaired) electrons. The molecule has 0 saturated carbocycles. The van der Waals surface area contributed by atoms with E-state index >= 15 is 0 Å². The summed E-state index contributed by atoms with van der Waals surface area (Å²) in [5, 5.41) is 21.4. The Balaban J connectivity index is 2.77. The highest BCUT2D eigenvalue weighted by molar-refractivity contribution is 5.52. The predicted octanol–water partition coefficient (Wildman–Crippen LogP) is 4.09. The Kier molecular flexibility index (Phi) is 5.15. The molecule has 0 fully saturated rings. The van der Waals surface area contributed by atoms with E-state index in [2.05, 4.69) is 0 Å². The Bertz CT molecular complexity index is 837. The Morgan fingerprint density at radius 2 is 1.52 bits per heavy atom. The molecule has 27 heavy (non-hydrogen) atoms.